The van der Waals surface area contributed by atoms with Crippen LogP contribution in [0.3, 0.4) is 0 Å². The van der Waals surface area contributed by atoms with Gasteiger partial charge in [-0.05, 0) is 49.7 Å². The molecule has 0 bridgehead atoms. The number of amides is 1. The summed E-state index contributed by atoms with van der Waals surface area (Å²) in [6, 6.07) is 13.1. The molecule has 2 heterocycles. The lowest BCUT2D eigenvalue weighted by Gasteiger charge is -2.06. The third kappa shape index (κ3) is 5.32. The SMILES string of the molecule is Cc1ccccc1NC(=O)Cc1nc(COC(=O)c2c(C)nn(-c3ccc(F)cc3)c2Cl)cs1. The number of benzene rings is 2. The predicted octanol–water partition coefficient (Wildman–Crippen LogP) is 5.28. The highest BCUT2D eigenvalue weighted by Gasteiger charge is 2.23. The molecule has 0 aliphatic rings. The summed E-state index contributed by atoms with van der Waals surface area (Å²) in [5.74, 6) is -1.22. The lowest BCUT2D eigenvalue weighted by molar-refractivity contribution is -0.115. The minimum Gasteiger partial charge on any atom is -0.455 e. The fourth-order valence-corrected chi connectivity index (χ4v) is 4.36. The number of thiazole rings is 1. The minimum absolute atomic E-state index is 0.0703. The van der Waals surface area contributed by atoms with Gasteiger partial charge in [-0.3, -0.25) is 4.79 Å². The fourth-order valence-electron chi connectivity index (χ4n) is 3.24. The van der Waals surface area contributed by atoms with Crippen LogP contribution in [0.1, 0.15) is 32.3 Å². The topological polar surface area (TPSA) is 86.1 Å². The highest BCUT2D eigenvalue weighted by molar-refractivity contribution is 7.09. The van der Waals surface area contributed by atoms with Crippen LogP contribution in [0.25, 0.3) is 5.69 Å². The lowest BCUT2D eigenvalue weighted by Crippen LogP contribution is -2.15. The molecule has 7 nitrogen and oxygen atoms in total. The number of esters is 1. The van der Waals surface area contributed by atoms with Crippen molar-refractivity contribution >= 4 is 40.5 Å². The first-order valence-electron chi connectivity index (χ1n) is 10.3. The number of rotatable bonds is 7. The molecule has 0 saturated heterocycles. The Morgan fingerprint density at radius 3 is 2.62 bits per heavy atom. The molecule has 0 unspecified atom stereocenters. The second-order valence-corrected chi connectivity index (χ2v) is 8.79. The van der Waals surface area contributed by atoms with Crippen molar-refractivity contribution in [3.8, 4) is 5.69 Å². The number of carbonyl (C=O) groups excluding carboxylic acids is 2. The number of nitrogens with zero attached hydrogens (tertiary/aromatic N) is 3. The number of nitrogens with one attached hydrogen (secondary N) is 1. The van der Waals surface area contributed by atoms with Crippen molar-refractivity contribution in [3.05, 3.63) is 92.4 Å². The van der Waals surface area contributed by atoms with Crippen molar-refractivity contribution in [2.45, 2.75) is 26.9 Å². The monoisotopic (exact) mass is 498 g/mol. The number of anilines is 1. The molecule has 34 heavy (non-hydrogen) atoms. The van der Waals surface area contributed by atoms with Gasteiger partial charge in [-0.25, -0.2) is 18.9 Å². The molecule has 4 aromatic rings. The van der Waals surface area contributed by atoms with Gasteiger partial charge in [-0.1, -0.05) is 29.8 Å². The van der Waals surface area contributed by atoms with E-state index in [4.69, 9.17) is 16.3 Å². The Labute approximate surface area is 204 Å². The zero-order chi connectivity index (χ0) is 24.2. The summed E-state index contributed by atoms with van der Waals surface area (Å²) in [5.41, 5.74) is 3.27. The fraction of sp³-hybridized carbons (Fsp3) is 0.167. The van der Waals surface area contributed by atoms with Gasteiger partial charge in [0.1, 0.15) is 28.1 Å². The van der Waals surface area contributed by atoms with Gasteiger partial charge in [-0.2, -0.15) is 5.10 Å². The summed E-state index contributed by atoms with van der Waals surface area (Å²) in [4.78, 5) is 29.4. The highest BCUT2D eigenvalue weighted by atomic mass is 35.5. The quantitative estimate of drug-likeness (QED) is 0.350. The molecule has 0 spiro atoms. The number of ether oxygens (including phenoxy) is 1. The molecule has 10 heteroatoms. The maximum absolute atomic E-state index is 13.2. The minimum atomic E-state index is -0.650. The van der Waals surface area contributed by atoms with E-state index in [2.05, 4.69) is 15.4 Å². The van der Waals surface area contributed by atoms with Crippen molar-refractivity contribution in [1.82, 2.24) is 14.8 Å². The van der Waals surface area contributed by atoms with Gasteiger partial charge in [0.25, 0.3) is 0 Å². The number of hydrogen-bond acceptors (Lipinski definition) is 6. The Morgan fingerprint density at radius 1 is 1.15 bits per heavy atom. The molecular weight excluding hydrogens is 479 g/mol. The first-order chi connectivity index (χ1) is 16.3. The standard InChI is InChI=1S/C24H20ClFN4O3S/c1-14-5-3-4-6-19(14)28-20(31)11-21-27-17(13-34-21)12-33-24(32)22-15(2)29-30(23(22)25)18-9-7-16(26)8-10-18/h3-10,13H,11-12H2,1-2H3,(H,28,31). The average Bonchev–Trinajstić information content (AvgIpc) is 3.37. The third-order valence-corrected chi connectivity index (χ3v) is 6.21. The summed E-state index contributed by atoms with van der Waals surface area (Å²) in [7, 11) is 0. The summed E-state index contributed by atoms with van der Waals surface area (Å²) >= 11 is 7.68. The van der Waals surface area contributed by atoms with Crippen LogP contribution >= 0.6 is 22.9 Å². The Hall–Kier alpha value is -3.56. The average molecular weight is 499 g/mol. The number of aromatic nitrogens is 3. The Morgan fingerprint density at radius 2 is 1.88 bits per heavy atom. The van der Waals surface area contributed by atoms with Crippen LogP contribution in [-0.4, -0.2) is 26.6 Å². The molecule has 4 rings (SSSR count). The van der Waals surface area contributed by atoms with Gasteiger partial charge in [-0.15, -0.1) is 11.3 Å². The van der Waals surface area contributed by atoms with Crippen molar-refractivity contribution in [2.24, 2.45) is 0 Å². The van der Waals surface area contributed by atoms with E-state index in [0.717, 1.165) is 11.3 Å². The van der Waals surface area contributed by atoms with Crippen LogP contribution in [0, 0.1) is 19.7 Å². The number of aryl methyl sites for hydroxylation is 2. The van der Waals surface area contributed by atoms with Crippen molar-refractivity contribution in [1.29, 1.82) is 0 Å². The Kier molecular flexibility index (Phi) is 7.04. The molecule has 0 saturated carbocycles. The van der Waals surface area contributed by atoms with E-state index in [0.29, 0.717) is 22.1 Å². The van der Waals surface area contributed by atoms with Gasteiger partial charge in [0, 0.05) is 11.1 Å². The first kappa shape index (κ1) is 23.6. The Bertz CT molecular complexity index is 1350. The zero-order valence-corrected chi connectivity index (χ0v) is 19.9. The van der Waals surface area contributed by atoms with E-state index >= 15 is 0 Å². The van der Waals surface area contributed by atoms with Crippen LogP contribution in [0.4, 0.5) is 10.1 Å². The van der Waals surface area contributed by atoms with Crippen LogP contribution in [0.15, 0.2) is 53.9 Å². The molecule has 2 aromatic carbocycles. The highest BCUT2D eigenvalue weighted by Crippen LogP contribution is 2.25. The maximum Gasteiger partial charge on any atom is 0.343 e. The molecule has 174 valence electrons. The molecular formula is C24H20ClFN4O3S. The van der Waals surface area contributed by atoms with E-state index < -0.39 is 11.8 Å². The molecule has 0 fully saturated rings. The third-order valence-electron chi connectivity index (χ3n) is 4.96. The molecule has 0 radical (unpaired) electrons. The Balaban J connectivity index is 1.37. The molecule has 0 atom stereocenters. The number of hydrogen-bond donors (Lipinski definition) is 1. The van der Waals surface area contributed by atoms with Gasteiger partial charge >= 0.3 is 5.97 Å². The summed E-state index contributed by atoms with van der Waals surface area (Å²) in [5, 5.41) is 9.55. The molecule has 2 aromatic heterocycles. The van der Waals surface area contributed by atoms with Crippen molar-refractivity contribution in [3.63, 3.8) is 0 Å². The van der Waals surface area contributed by atoms with E-state index in [1.54, 1.807) is 12.3 Å². The van der Waals surface area contributed by atoms with Crippen LogP contribution in [0.5, 0.6) is 0 Å². The second-order valence-electron chi connectivity index (χ2n) is 7.49. The van der Waals surface area contributed by atoms with Crippen LogP contribution < -0.4 is 5.32 Å². The normalized spacial score (nSPS) is 10.8. The van der Waals surface area contributed by atoms with E-state index in [-0.39, 0.29) is 29.7 Å². The van der Waals surface area contributed by atoms with Crippen molar-refractivity contribution in [2.75, 3.05) is 5.32 Å². The van der Waals surface area contributed by atoms with E-state index in [1.165, 1.54) is 40.3 Å². The summed E-state index contributed by atoms with van der Waals surface area (Å²) in [6.45, 7) is 3.48. The number of halogens is 2. The largest absolute Gasteiger partial charge is 0.455 e. The predicted molar refractivity (Wildman–Crippen MR) is 128 cm³/mol. The second kappa shape index (κ2) is 10.1. The molecule has 1 amide bonds. The maximum atomic E-state index is 13.2. The van der Waals surface area contributed by atoms with E-state index in [9.17, 15) is 14.0 Å². The molecule has 0 aliphatic heterocycles. The van der Waals surface area contributed by atoms with E-state index in [1.807, 2.05) is 31.2 Å². The van der Waals surface area contributed by atoms with Gasteiger partial charge in [0.15, 0.2) is 0 Å². The molecule has 1 N–H and O–H groups in total. The molecule has 0 aliphatic carbocycles. The number of para-hydroxylation sites is 1. The van der Waals surface area contributed by atoms with Crippen molar-refractivity contribution < 1.29 is 18.7 Å². The smallest absolute Gasteiger partial charge is 0.343 e. The van der Waals surface area contributed by atoms with Gasteiger partial charge in [0.05, 0.1) is 23.5 Å². The van der Waals surface area contributed by atoms with Crippen LogP contribution in [-0.2, 0) is 22.6 Å². The van der Waals surface area contributed by atoms with Gasteiger partial charge < -0.3 is 10.1 Å². The van der Waals surface area contributed by atoms with Gasteiger partial charge in [0.2, 0.25) is 5.91 Å². The zero-order valence-electron chi connectivity index (χ0n) is 18.3. The summed E-state index contributed by atoms with van der Waals surface area (Å²) < 4.78 is 19.9. The number of carbonyl (C=O) groups is 2. The summed E-state index contributed by atoms with van der Waals surface area (Å²) in [6.07, 6.45) is 0.113. The van der Waals surface area contributed by atoms with Crippen LogP contribution in [0.2, 0.25) is 5.15 Å². The first-order valence-corrected chi connectivity index (χ1v) is 11.5. The lowest BCUT2D eigenvalue weighted by atomic mass is 10.2.